The fourth-order valence-corrected chi connectivity index (χ4v) is 1.44. The highest BCUT2D eigenvalue weighted by atomic mass is 14.2. The van der Waals surface area contributed by atoms with Gasteiger partial charge in [0.05, 0.1) is 0 Å². The molecule has 0 rings (SSSR count). The Morgan fingerprint density at radius 1 is 0.900 bits per heavy atom. The van der Waals surface area contributed by atoms with E-state index in [1.54, 1.807) is 0 Å². The van der Waals surface area contributed by atoms with Crippen molar-refractivity contribution in [3.05, 3.63) is 12.2 Å². The summed E-state index contributed by atoms with van der Waals surface area (Å²) in [6, 6.07) is 0. The quantitative estimate of drug-likeness (QED) is 0.526. The lowest BCUT2D eigenvalue weighted by Gasteiger charge is -2.20. The molecule has 0 amide bonds. The molecule has 0 saturated carbocycles. The van der Waals surface area contributed by atoms with Crippen LogP contribution in [0.4, 0.5) is 0 Å². The molecule has 0 saturated heterocycles. The Hall–Kier alpha value is -0.260. The van der Waals surface area contributed by atoms with Gasteiger partial charge in [0.15, 0.2) is 0 Å². The Labute approximate surface area is 65.3 Å². The Balaban J connectivity index is 3.98. The highest BCUT2D eigenvalue weighted by Gasteiger charge is 2.12. The van der Waals surface area contributed by atoms with E-state index in [2.05, 4.69) is 46.8 Å². The maximum atomic E-state index is 2.31. The molecule has 0 fully saturated rings. The lowest BCUT2D eigenvalue weighted by atomic mass is 9.85. The van der Waals surface area contributed by atoms with Crippen LogP contribution in [0.3, 0.4) is 0 Å². The molecule has 0 aromatic heterocycles. The van der Waals surface area contributed by atoms with Gasteiger partial charge in [0.1, 0.15) is 0 Å². The molecule has 0 aliphatic heterocycles. The van der Waals surface area contributed by atoms with Gasteiger partial charge in [0.2, 0.25) is 0 Å². The Kier molecular flexibility index (Phi) is 4.42. The summed E-state index contributed by atoms with van der Waals surface area (Å²) in [6.45, 7) is 11.2. The second kappa shape index (κ2) is 4.54. The Morgan fingerprint density at radius 2 is 1.30 bits per heavy atom. The molecule has 0 heterocycles. The average molecular weight is 140 g/mol. The summed E-state index contributed by atoms with van der Waals surface area (Å²) >= 11 is 0. The van der Waals surface area contributed by atoms with Crippen LogP contribution in [0.1, 0.15) is 34.6 Å². The summed E-state index contributed by atoms with van der Waals surface area (Å²) in [5, 5.41) is 0. The highest BCUT2D eigenvalue weighted by Crippen LogP contribution is 2.21. The van der Waals surface area contributed by atoms with Crippen molar-refractivity contribution in [1.82, 2.24) is 0 Å². The monoisotopic (exact) mass is 140 g/mol. The fraction of sp³-hybridized carbons (Fsp3) is 0.800. The molecule has 0 spiro atoms. The zero-order valence-corrected chi connectivity index (χ0v) is 7.89. The van der Waals surface area contributed by atoms with E-state index in [0.29, 0.717) is 0 Å². The molecular weight excluding hydrogens is 120 g/mol. The van der Waals surface area contributed by atoms with Crippen LogP contribution in [0.5, 0.6) is 0 Å². The fourth-order valence-electron chi connectivity index (χ4n) is 1.44. The van der Waals surface area contributed by atoms with E-state index in [1.165, 1.54) is 0 Å². The number of hydrogen-bond acceptors (Lipinski definition) is 0. The van der Waals surface area contributed by atoms with Gasteiger partial charge in [0.25, 0.3) is 0 Å². The third kappa shape index (κ3) is 3.05. The third-order valence-electron chi connectivity index (χ3n) is 1.95. The van der Waals surface area contributed by atoms with E-state index in [1.807, 2.05) is 0 Å². The minimum absolute atomic E-state index is 0.755. The van der Waals surface area contributed by atoms with Gasteiger partial charge in [-0.3, -0.25) is 0 Å². The zero-order chi connectivity index (χ0) is 8.15. The lowest BCUT2D eigenvalue weighted by Crippen LogP contribution is -2.12. The van der Waals surface area contributed by atoms with Gasteiger partial charge in [-0.1, -0.05) is 39.8 Å². The van der Waals surface area contributed by atoms with Crippen LogP contribution in [-0.4, -0.2) is 0 Å². The van der Waals surface area contributed by atoms with Crippen molar-refractivity contribution >= 4 is 0 Å². The predicted octanol–water partition coefficient (Wildman–Crippen LogP) is 3.49. The molecule has 10 heavy (non-hydrogen) atoms. The summed E-state index contributed by atoms with van der Waals surface area (Å²) in [5.41, 5.74) is 0. The van der Waals surface area contributed by atoms with Crippen LogP contribution in [-0.2, 0) is 0 Å². The van der Waals surface area contributed by atoms with Crippen molar-refractivity contribution in [2.24, 2.45) is 17.8 Å². The molecule has 0 aliphatic rings. The van der Waals surface area contributed by atoms with Crippen LogP contribution >= 0.6 is 0 Å². The van der Waals surface area contributed by atoms with Gasteiger partial charge in [-0.25, -0.2) is 0 Å². The molecule has 0 aliphatic carbocycles. The van der Waals surface area contributed by atoms with E-state index < -0.39 is 0 Å². The maximum absolute atomic E-state index is 2.31. The molecular formula is C10H20. The molecule has 0 atom stereocenters. The van der Waals surface area contributed by atoms with Gasteiger partial charge in [-0.15, -0.1) is 0 Å². The van der Waals surface area contributed by atoms with Crippen LogP contribution in [0, 0.1) is 17.8 Å². The Bertz CT molecular complexity index is 90.6. The smallest absolute Gasteiger partial charge is 0.0187 e. The first-order chi connectivity index (χ1) is 4.59. The summed E-state index contributed by atoms with van der Waals surface area (Å²) < 4.78 is 0. The van der Waals surface area contributed by atoms with E-state index in [9.17, 15) is 0 Å². The van der Waals surface area contributed by atoms with Crippen molar-refractivity contribution in [1.29, 1.82) is 0 Å². The summed E-state index contributed by atoms with van der Waals surface area (Å²) in [5.74, 6) is 2.30. The van der Waals surface area contributed by atoms with Gasteiger partial charge in [-0.2, -0.15) is 0 Å². The number of allylic oxidation sites excluding steroid dienone is 2. The van der Waals surface area contributed by atoms with Crippen LogP contribution in [0.25, 0.3) is 0 Å². The normalized spacial score (nSPS) is 12.8. The molecule has 0 bridgehead atoms. The van der Waals surface area contributed by atoms with Crippen LogP contribution in [0.2, 0.25) is 0 Å². The van der Waals surface area contributed by atoms with Gasteiger partial charge < -0.3 is 0 Å². The second-order valence-electron chi connectivity index (χ2n) is 3.59. The van der Waals surface area contributed by atoms with Crippen molar-refractivity contribution in [3.63, 3.8) is 0 Å². The van der Waals surface area contributed by atoms with Crippen molar-refractivity contribution in [3.8, 4) is 0 Å². The molecule has 0 aromatic rings. The van der Waals surface area contributed by atoms with E-state index in [-0.39, 0.29) is 0 Å². The minimum atomic E-state index is 0.755. The first-order valence-electron chi connectivity index (χ1n) is 4.22. The van der Waals surface area contributed by atoms with E-state index >= 15 is 0 Å². The van der Waals surface area contributed by atoms with Crippen molar-refractivity contribution < 1.29 is 0 Å². The van der Waals surface area contributed by atoms with Gasteiger partial charge >= 0.3 is 0 Å². The van der Waals surface area contributed by atoms with E-state index in [4.69, 9.17) is 0 Å². The standard InChI is InChI=1S/C10H20/c1-6-7-10(8(2)3)9(4)5/h6-10H,1-5H3. The van der Waals surface area contributed by atoms with Gasteiger partial charge in [-0.05, 0) is 24.7 Å². The van der Waals surface area contributed by atoms with Crippen LogP contribution in [0.15, 0.2) is 12.2 Å². The first-order valence-corrected chi connectivity index (χ1v) is 4.22. The molecule has 0 radical (unpaired) electrons. The van der Waals surface area contributed by atoms with Crippen LogP contribution < -0.4 is 0 Å². The number of hydrogen-bond donors (Lipinski definition) is 0. The molecule has 0 heteroatoms. The zero-order valence-electron chi connectivity index (χ0n) is 7.89. The molecule has 0 aromatic carbocycles. The summed E-state index contributed by atoms with van der Waals surface area (Å²) in [6.07, 6.45) is 4.47. The topological polar surface area (TPSA) is 0 Å². The lowest BCUT2D eigenvalue weighted by molar-refractivity contribution is 0.356. The molecule has 0 unspecified atom stereocenters. The first kappa shape index (κ1) is 9.74. The van der Waals surface area contributed by atoms with E-state index in [0.717, 1.165) is 17.8 Å². The second-order valence-corrected chi connectivity index (χ2v) is 3.59. The SMILES string of the molecule is CC=CC(C(C)C)C(C)C. The Morgan fingerprint density at radius 3 is 1.40 bits per heavy atom. The average Bonchev–Trinajstić information content (AvgIpc) is 1.81. The number of rotatable bonds is 3. The maximum Gasteiger partial charge on any atom is -0.0187 e. The summed E-state index contributed by atoms with van der Waals surface area (Å²) in [7, 11) is 0. The molecule has 0 N–H and O–H groups in total. The minimum Gasteiger partial charge on any atom is -0.0914 e. The van der Waals surface area contributed by atoms with Crippen molar-refractivity contribution in [2.45, 2.75) is 34.6 Å². The predicted molar refractivity (Wildman–Crippen MR) is 48.0 cm³/mol. The van der Waals surface area contributed by atoms with Crippen molar-refractivity contribution in [2.75, 3.05) is 0 Å². The summed E-state index contributed by atoms with van der Waals surface area (Å²) in [4.78, 5) is 0. The van der Waals surface area contributed by atoms with Gasteiger partial charge in [0, 0.05) is 0 Å². The largest absolute Gasteiger partial charge is 0.0914 e. The molecule has 0 nitrogen and oxygen atoms in total. The third-order valence-corrected chi connectivity index (χ3v) is 1.95. The molecule has 60 valence electrons. The highest BCUT2D eigenvalue weighted by molar-refractivity contribution is 4.88.